The monoisotopic (exact) mass is 501 g/mol. The van der Waals surface area contributed by atoms with Crippen LogP contribution < -0.4 is 4.74 Å². The molecule has 3 aromatic rings. The highest BCUT2D eigenvalue weighted by Gasteiger charge is 2.46. The molecule has 4 rings (SSSR count). The summed E-state index contributed by atoms with van der Waals surface area (Å²) in [4.78, 5) is 42.5. The number of nitro benzene ring substituents is 1. The van der Waals surface area contributed by atoms with Gasteiger partial charge in [-0.15, -0.1) is 0 Å². The van der Waals surface area contributed by atoms with Crippen LogP contribution >= 0.6 is 0 Å². The number of aliphatic hydroxyl groups is 1. The summed E-state index contributed by atoms with van der Waals surface area (Å²) in [6.45, 7) is 4.55. The fourth-order valence-corrected chi connectivity index (χ4v) is 4.30. The maximum atomic E-state index is 13.2. The van der Waals surface area contributed by atoms with Gasteiger partial charge in [0.05, 0.1) is 23.1 Å². The standard InChI is InChI=1S/C28H27N3O6/c1-3-4-14-37-23-12-9-21(15-18(23)2)26(32)24-25(20-7-10-22(11-8-20)31(35)36)30(28(34)27(24)33)17-19-6-5-13-29-16-19/h5-13,15-16,25,32H,3-4,14,17H2,1-2H3/b26-24+/t25-/m1/s1. The number of aromatic nitrogens is 1. The lowest BCUT2D eigenvalue weighted by molar-refractivity contribution is -0.384. The van der Waals surface area contributed by atoms with E-state index in [2.05, 4.69) is 11.9 Å². The second-order valence-corrected chi connectivity index (χ2v) is 8.82. The second kappa shape index (κ2) is 11.0. The first-order valence-electron chi connectivity index (χ1n) is 12.0. The largest absolute Gasteiger partial charge is 0.507 e. The second-order valence-electron chi connectivity index (χ2n) is 8.82. The molecule has 0 unspecified atom stereocenters. The normalized spacial score (nSPS) is 16.7. The minimum atomic E-state index is -0.943. The number of Topliss-reactive ketones (excluding diaryl/α,β-unsaturated/α-hetero) is 1. The SMILES string of the molecule is CCCCOc1ccc(/C(O)=C2\C(=O)C(=O)N(Cc3cccnc3)[C@@H]2c2ccc([N+](=O)[O-])cc2)cc1C. The van der Waals surface area contributed by atoms with Gasteiger partial charge in [-0.1, -0.05) is 19.4 Å². The van der Waals surface area contributed by atoms with Gasteiger partial charge in [0, 0.05) is 36.6 Å². The summed E-state index contributed by atoms with van der Waals surface area (Å²) in [5, 5.41) is 22.5. The summed E-state index contributed by atoms with van der Waals surface area (Å²) in [5.74, 6) is -1.25. The number of hydrogen-bond acceptors (Lipinski definition) is 7. The first-order valence-corrected chi connectivity index (χ1v) is 12.0. The number of pyridine rings is 1. The number of aliphatic hydroxyl groups excluding tert-OH is 1. The number of ether oxygens (including phenoxy) is 1. The van der Waals surface area contributed by atoms with Gasteiger partial charge in [0.15, 0.2) is 0 Å². The van der Waals surface area contributed by atoms with E-state index in [0.717, 1.165) is 18.4 Å². The number of rotatable bonds is 9. The minimum absolute atomic E-state index is 0.0695. The maximum Gasteiger partial charge on any atom is 0.295 e. The topological polar surface area (TPSA) is 123 Å². The van der Waals surface area contributed by atoms with Crippen LogP contribution in [0.25, 0.3) is 5.76 Å². The van der Waals surface area contributed by atoms with Gasteiger partial charge < -0.3 is 14.7 Å². The lowest BCUT2D eigenvalue weighted by Gasteiger charge is -2.25. The van der Waals surface area contributed by atoms with Crippen LogP contribution in [0.15, 0.2) is 72.6 Å². The Morgan fingerprint density at radius 3 is 2.54 bits per heavy atom. The first-order chi connectivity index (χ1) is 17.8. The van der Waals surface area contributed by atoms with E-state index in [1.165, 1.54) is 29.2 Å². The zero-order valence-electron chi connectivity index (χ0n) is 20.6. The molecule has 37 heavy (non-hydrogen) atoms. The molecule has 0 aliphatic carbocycles. The molecular weight excluding hydrogens is 474 g/mol. The molecule has 9 nitrogen and oxygen atoms in total. The Balaban J connectivity index is 1.79. The number of carbonyl (C=O) groups excluding carboxylic acids is 2. The number of hydrogen-bond donors (Lipinski definition) is 1. The van der Waals surface area contributed by atoms with Gasteiger partial charge in [-0.25, -0.2) is 0 Å². The Labute approximate surface area is 214 Å². The van der Waals surface area contributed by atoms with Crippen molar-refractivity contribution >= 4 is 23.1 Å². The summed E-state index contributed by atoms with van der Waals surface area (Å²) in [5.41, 5.74) is 2.10. The Morgan fingerprint density at radius 1 is 1.16 bits per heavy atom. The van der Waals surface area contributed by atoms with E-state index in [1.54, 1.807) is 42.7 Å². The van der Waals surface area contributed by atoms with Gasteiger partial charge in [-0.05, 0) is 66.4 Å². The van der Waals surface area contributed by atoms with E-state index in [1.807, 2.05) is 6.92 Å². The van der Waals surface area contributed by atoms with E-state index in [9.17, 15) is 24.8 Å². The average Bonchev–Trinajstić information content (AvgIpc) is 3.14. The summed E-state index contributed by atoms with van der Waals surface area (Å²) in [6.07, 6.45) is 5.10. The van der Waals surface area contributed by atoms with Gasteiger partial charge in [-0.2, -0.15) is 0 Å². The highest BCUT2D eigenvalue weighted by atomic mass is 16.6. The summed E-state index contributed by atoms with van der Waals surface area (Å²) >= 11 is 0. The van der Waals surface area contributed by atoms with Gasteiger partial charge in [0.25, 0.3) is 17.4 Å². The number of unbranched alkanes of at least 4 members (excludes halogenated alkanes) is 1. The third-order valence-corrected chi connectivity index (χ3v) is 6.24. The van der Waals surface area contributed by atoms with Crippen molar-refractivity contribution in [3.8, 4) is 5.75 Å². The van der Waals surface area contributed by atoms with Crippen molar-refractivity contribution in [3.05, 3.63) is 105 Å². The number of ketones is 1. The molecule has 0 spiro atoms. The molecule has 1 saturated heterocycles. The Kier molecular flexibility index (Phi) is 7.62. The van der Waals surface area contributed by atoms with Crippen molar-refractivity contribution in [1.29, 1.82) is 0 Å². The van der Waals surface area contributed by atoms with Gasteiger partial charge in [0.2, 0.25) is 0 Å². The van der Waals surface area contributed by atoms with E-state index in [0.29, 0.717) is 29.0 Å². The molecule has 1 aliphatic heterocycles. The van der Waals surface area contributed by atoms with Crippen LogP contribution in [0.2, 0.25) is 0 Å². The molecule has 0 saturated carbocycles. The minimum Gasteiger partial charge on any atom is -0.507 e. The number of non-ortho nitro benzene ring substituents is 1. The molecular formula is C28H27N3O6. The zero-order valence-corrected chi connectivity index (χ0v) is 20.6. The fourth-order valence-electron chi connectivity index (χ4n) is 4.30. The summed E-state index contributed by atoms with van der Waals surface area (Å²) in [6, 6.07) is 13.2. The number of nitro groups is 1. The lowest BCUT2D eigenvalue weighted by Crippen LogP contribution is -2.29. The van der Waals surface area contributed by atoms with Crippen LogP contribution in [0.1, 0.15) is 48.1 Å². The first kappa shape index (κ1) is 25.6. The number of benzene rings is 2. The van der Waals surface area contributed by atoms with E-state index in [-0.39, 0.29) is 23.6 Å². The predicted molar refractivity (Wildman–Crippen MR) is 137 cm³/mol. The molecule has 2 heterocycles. The van der Waals surface area contributed by atoms with Crippen LogP contribution in [0, 0.1) is 17.0 Å². The third-order valence-electron chi connectivity index (χ3n) is 6.24. The Hall–Kier alpha value is -4.53. The maximum absolute atomic E-state index is 13.2. The van der Waals surface area contributed by atoms with Gasteiger partial charge in [0.1, 0.15) is 11.5 Å². The molecule has 0 radical (unpaired) electrons. The summed E-state index contributed by atoms with van der Waals surface area (Å²) < 4.78 is 5.79. The molecule has 1 fully saturated rings. The molecule has 9 heteroatoms. The third kappa shape index (κ3) is 5.35. The van der Waals surface area contributed by atoms with Crippen molar-refractivity contribution in [1.82, 2.24) is 9.88 Å². The van der Waals surface area contributed by atoms with E-state index >= 15 is 0 Å². The van der Waals surface area contributed by atoms with Crippen molar-refractivity contribution in [2.75, 3.05) is 6.61 Å². The van der Waals surface area contributed by atoms with Crippen molar-refractivity contribution in [2.24, 2.45) is 0 Å². The molecule has 1 atom stereocenters. The highest BCUT2D eigenvalue weighted by molar-refractivity contribution is 6.46. The molecule has 1 aliphatic rings. The average molecular weight is 502 g/mol. The smallest absolute Gasteiger partial charge is 0.295 e. The molecule has 1 amide bonds. The van der Waals surface area contributed by atoms with Gasteiger partial charge >= 0.3 is 0 Å². The fraction of sp³-hybridized carbons (Fsp3) is 0.250. The van der Waals surface area contributed by atoms with Crippen LogP contribution in [0.3, 0.4) is 0 Å². The molecule has 2 aromatic carbocycles. The number of amides is 1. The van der Waals surface area contributed by atoms with Crippen molar-refractivity contribution in [2.45, 2.75) is 39.3 Å². The molecule has 0 bridgehead atoms. The Bertz CT molecular complexity index is 1350. The lowest BCUT2D eigenvalue weighted by atomic mass is 9.94. The van der Waals surface area contributed by atoms with E-state index < -0.39 is 22.7 Å². The van der Waals surface area contributed by atoms with Crippen LogP contribution in [-0.2, 0) is 16.1 Å². The van der Waals surface area contributed by atoms with Gasteiger partial charge in [-0.3, -0.25) is 24.7 Å². The molecule has 1 aromatic heterocycles. The number of nitrogens with zero attached hydrogens (tertiary/aromatic N) is 3. The van der Waals surface area contributed by atoms with Crippen LogP contribution in [0.5, 0.6) is 5.75 Å². The van der Waals surface area contributed by atoms with E-state index in [4.69, 9.17) is 4.74 Å². The summed E-state index contributed by atoms with van der Waals surface area (Å²) in [7, 11) is 0. The molecule has 1 N–H and O–H groups in total. The predicted octanol–water partition coefficient (Wildman–Crippen LogP) is 5.10. The molecule has 190 valence electrons. The van der Waals surface area contributed by atoms with Crippen molar-refractivity contribution < 1.29 is 24.4 Å². The van der Waals surface area contributed by atoms with Crippen LogP contribution in [-0.4, -0.2) is 38.2 Å². The number of aryl methyl sites for hydroxylation is 1. The van der Waals surface area contributed by atoms with Crippen molar-refractivity contribution in [3.63, 3.8) is 0 Å². The zero-order chi connectivity index (χ0) is 26.5. The number of likely N-dealkylation sites (tertiary alicyclic amines) is 1. The quantitative estimate of drug-likeness (QED) is 0.108. The Morgan fingerprint density at radius 2 is 1.92 bits per heavy atom. The highest BCUT2D eigenvalue weighted by Crippen LogP contribution is 2.41. The van der Waals surface area contributed by atoms with Crippen LogP contribution in [0.4, 0.5) is 5.69 Å². The number of carbonyl (C=O) groups is 2.